The first kappa shape index (κ1) is 9.01. The van der Waals surface area contributed by atoms with Gasteiger partial charge in [-0.15, -0.1) is 0 Å². The van der Waals surface area contributed by atoms with Crippen LogP contribution in [0.1, 0.15) is 33.1 Å². The van der Waals surface area contributed by atoms with Crippen molar-refractivity contribution in [3.63, 3.8) is 0 Å². The molecule has 0 spiro atoms. The predicted molar refractivity (Wildman–Crippen MR) is 46.2 cm³/mol. The Morgan fingerprint density at radius 3 is 2.55 bits per heavy atom. The molecule has 0 amide bonds. The summed E-state index contributed by atoms with van der Waals surface area (Å²) in [5.41, 5.74) is 0. The van der Waals surface area contributed by atoms with Crippen molar-refractivity contribution in [1.29, 1.82) is 0 Å². The third-order valence-corrected chi connectivity index (χ3v) is 2.96. The van der Waals surface area contributed by atoms with E-state index in [-0.39, 0.29) is 6.23 Å². The molecule has 1 N–H and O–H groups in total. The quantitative estimate of drug-likeness (QED) is 0.622. The molecular formula is C9H19NO. The number of rotatable bonds is 1. The van der Waals surface area contributed by atoms with E-state index in [4.69, 9.17) is 0 Å². The van der Waals surface area contributed by atoms with Crippen LogP contribution in [0.4, 0.5) is 0 Å². The van der Waals surface area contributed by atoms with Gasteiger partial charge in [-0.2, -0.15) is 0 Å². The molecule has 1 fully saturated rings. The largest absolute Gasteiger partial charge is 0.378 e. The number of piperidine rings is 1. The van der Waals surface area contributed by atoms with Gasteiger partial charge in [0, 0.05) is 6.04 Å². The summed E-state index contributed by atoms with van der Waals surface area (Å²) in [6.07, 6.45) is 3.19. The Kier molecular flexibility index (Phi) is 2.90. The molecule has 2 heteroatoms. The summed E-state index contributed by atoms with van der Waals surface area (Å²) in [5.74, 6) is 0.733. The SMILES string of the molecule is CC[C@H]1C[C@@H](O)N(C)[C@@H](C)C1. The first-order chi connectivity index (χ1) is 5.15. The number of aliphatic hydroxyl groups is 1. The smallest absolute Gasteiger partial charge is 0.107 e. The highest BCUT2D eigenvalue weighted by atomic mass is 16.3. The molecule has 11 heavy (non-hydrogen) atoms. The van der Waals surface area contributed by atoms with Gasteiger partial charge < -0.3 is 5.11 Å². The standard InChI is InChI=1S/C9H19NO/c1-4-8-5-7(2)10(3)9(11)6-8/h7-9,11H,4-6H2,1-3H3/t7-,8+,9+/m0/s1. The highest BCUT2D eigenvalue weighted by Gasteiger charge is 2.28. The van der Waals surface area contributed by atoms with Gasteiger partial charge in [0.15, 0.2) is 0 Å². The topological polar surface area (TPSA) is 23.5 Å². The summed E-state index contributed by atoms with van der Waals surface area (Å²) in [7, 11) is 2.00. The number of hydrogen-bond donors (Lipinski definition) is 1. The van der Waals surface area contributed by atoms with Crippen molar-refractivity contribution >= 4 is 0 Å². The molecule has 1 heterocycles. The van der Waals surface area contributed by atoms with E-state index in [1.807, 2.05) is 7.05 Å². The van der Waals surface area contributed by atoms with E-state index in [9.17, 15) is 5.11 Å². The monoisotopic (exact) mass is 157 g/mol. The summed E-state index contributed by atoms with van der Waals surface area (Å²) in [6.45, 7) is 4.39. The first-order valence-electron chi connectivity index (χ1n) is 4.55. The van der Waals surface area contributed by atoms with Gasteiger partial charge >= 0.3 is 0 Å². The molecule has 3 atom stereocenters. The molecular weight excluding hydrogens is 138 g/mol. The third-order valence-electron chi connectivity index (χ3n) is 2.96. The third kappa shape index (κ3) is 1.94. The van der Waals surface area contributed by atoms with Crippen LogP contribution >= 0.6 is 0 Å². The lowest BCUT2D eigenvalue weighted by Crippen LogP contribution is -2.45. The van der Waals surface area contributed by atoms with E-state index >= 15 is 0 Å². The fourth-order valence-electron chi connectivity index (χ4n) is 1.84. The van der Waals surface area contributed by atoms with E-state index in [2.05, 4.69) is 18.7 Å². The maximum atomic E-state index is 9.58. The molecule has 1 aliphatic rings. The predicted octanol–water partition coefficient (Wildman–Crippen LogP) is 1.45. The molecule has 66 valence electrons. The van der Waals surface area contributed by atoms with Crippen LogP contribution in [0.2, 0.25) is 0 Å². The normalized spacial score (nSPS) is 40.9. The van der Waals surface area contributed by atoms with Gasteiger partial charge in [0.1, 0.15) is 6.23 Å². The molecule has 0 aromatic heterocycles. The Morgan fingerprint density at radius 1 is 1.45 bits per heavy atom. The summed E-state index contributed by atoms with van der Waals surface area (Å²) >= 11 is 0. The Bertz CT molecular complexity index is 115. The highest BCUT2D eigenvalue weighted by Crippen LogP contribution is 2.26. The van der Waals surface area contributed by atoms with Crippen LogP contribution in [0.3, 0.4) is 0 Å². The second-order valence-electron chi connectivity index (χ2n) is 3.74. The summed E-state index contributed by atoms with van der Waals surface area (Å²) < 4.78 is 0. The maximum absolute atomic E-state index is 9.58. The average Bonchev–Trinajstić information content (AvgIpc) is 1.99. The van der Waals surface area contributed by atoms with Gasteiger partial charge in [-0.1, -0.05) is 13.3 Å². The van der Waals surface area contributed by atoms with Crippen LogP contribution in [0.15, 0.2) is 0 Å². The van der Waals surface area contributed by atoms with Gasteiger partial charge in [-0.3, -0.25) is 4.90 Å². The molecule has 2 nitrogen and oxygen atoms in total. The lowest BCUT2D eigenvalue weighted by Gasteiger charge is -2.38. The Balaban J connectivity index is 2.47. The van der Waals surface area contributed by atoms with Crippen LogP contribution in [0.5, 0.6) is 0 Å². The lowest BCUT2D eigenvalue weighted by atomic mass is 9.89. The Morgan fingerprint density at radius 2 is 2.09 bits per heavy atom. The van der Waals surface area contributed by atoms with Crippen molar-refractivity contribution in [2.75, 3.05) is 7.05 Å². The number of likely N-dealkylation sites (tertiary alicyclic amines) is 1. The van der Waals surface area contributed by atoms with Gasteiger partial charge in [-0.25, -0.2) is 0 Å². The van der Waals surface area contributed by atoms with Crippen molar-refractivity contribution in [3.8, 4) is 0 Å². The number of aliphatic hydroxyl groups excluding tert-OH is 1. The molecule has 0 bridgehead atoms. The summed E-state index contributed by atoms with van der Waals surface area (Å²) in [5, 5.41) is 9.58. The fourth-order valence-corrected chi connectivity index (χ4v) is 1.84. The maximum Gasteiger partial charge on any atom is 0.107 e. The van der Waals surface area contributed by atoms with Crippen molar-refractivity contribution in [2.45, 2.75) is 45.4 Å². The molecule has 0 aliphatic carbocycles. The van der Waals surface area contributed by atoms with E-state index in [1.165, 1.54) is 12.8 Å². The summed E-state index contributed by atoms with van der Waals surface area (Å²) in [6, 6.07) is 0.545. The molecule has 1 saturated heterocycles. The number of nitrogens with zero attached hydrogens (tertiary/aromatic N) is 1. The highest BCUT2D eigenvalue weighted by molar-refractivity contribution is 4.78. The molecule has 0 saturated carbocycles. The zero-order valence-electron chi connectivity index (χ0n) is 7.75. The van der Waals surface area contributed by atoms with E-state index < -0.39 is 0 Å². The minimum atomic E-state index is -0.205. The molecule has 1 aliphatic heterocycles. The van der Waals surface area contributed by atoms with Crippen molar-refractivity contribution in [2.24, 2.45) is 5.92 Å². The molecule has 1 rings (SSSR count). The zero-order chi connectivity index (χ0) is 8.43. The summed E-state index contributed by atoms with van der Waals surface area (Å²) in [4.78, 5) is 2.06. The molecule has 0 aromatic rings. The van der Waals surface area contributed by atoms with Crippen LogP contribution in [0.25, 0.3) is 0 Å². The van der Waals surface area contributed by atoms with E-state index in [0.717, 1.165) is 12.3 Å². The lowest BCUT2D eigenvalue weighted by molar-refractivity contribution is -0.0540. The minimum absolute atomic E-state index is 0.205. The van der Waals surface area contributed by atoms with Gasteiger partial charge in [-0.05, 0) is 32.7 Å². The van der Waals surface area contributed by atoms with Crippen LogP contribution in [-0.2, 0) is 0 Å². The van der Waals surface area contributed by atoms with Gasteiger partial charge in [0.05, 0.1) is 0 Å². The van der Waals surface area contributed by atoms with E-state index in [1.54, 1.807) is 0 Å². The second-order valence-corrected chi connectivity index (χ2v) is 3.74. The van der Waals surface area contributed by atoms with Gasteiger partial charge in [0.25, 0.3) is 0 Å². The second kappa shape index (κ2) is 3.55. The molecule has 0 radical (unpaired) electrons. The molecule has 0 aromatic carbocycles. The van der Waals surface area contributed by atoms with E-state index in [0.29, 0.717) is 6.04 Å². The number of hydrogen-bond acceptors (Lipinski definition) is 2. The zero-order valence-corrected chi connectivity index (χ0v) is 7.75. The van der Waals surface area contributed by atoms with Crippen LogP contribution in [-0.4, -0.2) is 29.3 Å². The van der Waals surface area contributed by atoms with Gasteiger partial charge in [0.2, 0.25) is 0 Å². The average molecular weight is 157 g/mol. The van der Waals surface area contributed by atoms with Crippen LogP contribution in [0, 0.1) is 5.92 Å². The first-order valence-corrected chi connectivity index (χ1v) is 4.55. The Hall–Kier alpha value is -0.0800. The van der Waals surface area contributed by atoms with Crippen molar-refractivity contribution in [1.82, 2.24) is 4.90 Å². The Labute approximate surface area is 69.2 Å². The van der Waals surface area contributed by atoms with Crippen molar-refractivity contribution < 1.29 is 5.11 Å². The fraction of sp³-hybridized carbons (Fsp3) is 1.00. The van der Waals surface area contributed by atoms with Crippen LogP contribution < -0.4 is 0 Å². The van der Waals surface area contributed by atoms with Crippen molar-refractivity contribution in [3.05, 3.63) is 0 Å². The molecule has 0 unspecified atom stereocenters. The minimum Gasteiger partial charge on any atom is -0.378 e.